The predicted molar refractivity (Wildman–Crippen MR) is 73.0 cm³/mol. The molecule has 19 heavy (non-hydrogen) atoms. The molecule has 0 bridgehead atoms. The molecule has 0 spiro atoms. The van der Waals surface area contributed by atoms with Crippen LogP contribution in [0, 0.1) is 0 Å². The standard InChI is InChI=1S/C12H15N5OS/c13-11-5-9(15-16-11)8-1-3-17(4-2-8)12(18)10-6-19-7-14-10/h5-8H,1-4H2,(H3,13,15,16). The van der Waals surface area contributed by atoms with Gasteiger partial charge in [-0.15, -0.1) is 11.3 Å². The van der Waals surface area contributed by atoms with E-state index in [1.807, 2.05) is 11.0 Å². The molecule has 0 atom stereocenters. The summed E-state index contributed by atoms with van der Waals surface area (Å²) in [5.74, 6) is 0.962. The maximum Gasteiger partial charge on any atom is 0.273 e. The van der Waals surface area contributed by atoms with E-state index in [1.54, 1.807) is 10.9 Å². The minimum atomic E-state index is 0.0313. The third-order valence-electron chi connectivity index (χ3n) is 3.49. The van der Waals surface area contributed by atoms with Gasteiger partial charge in [0.05, 0.1) is 5.51 Å². The first-order valence-corrected chi connectivity index (χ1v) is 7.16. The second-order valence-electron chi connectivity index (χ2n) is 4.69. The minimum Gasteiger partial charge on any atom is -0.382 e. The zero-order valence-electron chi connectivity index (χ0n) is 10.4. The number of nitrogens with two attached hydrogens (primary N) is 1. The molecule has 3 rings (SSSR count). The van der Waals surface area contributed by atoms with Crippen molar-refractivity contribution < 1.29 is 4.79 Å². The summed E-state index contributed by atoms with van der Waals surface area (Å²) < 4.78 is 0. The molecule has 0 aromatic carbocycles. The summed E-state index contributed by atoms with van der Waals surface area (Å²) in [6.45, 7) is 1.50. The number of nitrogens with zero attached hydrogens (tertiary/aromatic N) is 3. The quantitative estimate of drug-likeness (QED) is 0.870. The fourth-order valence-electron chi connectivity index (χ4n) is 2.44. The Hall–Kier alpha value is -1.89. The zero-order valence-corrected chi connectivity index (χ0v) is 11.2. The van der Waals surface area contributed by atoms with Crippen molar-refractivity contribution in [2.24, 2.45) is 0 Å². The van der Waals surface area contributed by atoms with Crippen molar-refractivity contribution in [2.45, 2.75) is 18.8 Å². The maximum absolute atomic E-state index is 12.1. The van der Waals surface area contributed by atoms with E-state index in [4.69, 9.17) is 5.73 Å². The molecular formula is C12H15N5OS. The highest BCUT2D eigenvalue weighted by Gasteiger charge is 2.26. The molecule has 1 fully saturated rings. The Balaban J connectivity index is 1.62. The van der Waals surface area contributed by atoms with Gasteiger partial charge < -0.3 is 10.6 Å². The Morgan fingerprint density at radius 1 is 1.47 bits per heavy atom. The van der Waals surface area contributed by atoms with Crippen molar-refractivity contribution in [1.29, 1.82) is 0 Å². The number of aromatic nitrogens is 3. The second kappa shape index (κ2) is 5.00. The van der Waals surface area contributed by atoms with E-state index < -0.39 is 0 Å². The number of hydrogen-bond donors (Lipinski definition) is 2. The first-order valence-electron chi connectivity index (χ1n) is 6.22. The van der Waals surface area contributed by atoms with Gasteiger partial charge in [-0.25, -0.2) is 4.98 Å². The number of hydrogen-bond acceptors (Lipinski definition) is 5. The van der Waals surface area contributed by atoms with Gasteiger partial charge >= 0.3 is 0 Å². The number of carbonyl (C=O) groups is 1. The van der Waals surface area contributed by atoms with E-state index in [2.05, 4.69) is 15.2 Å². The summed E-state index contributed by atoms with van der Waals surface area (Å²) in [4.78, 5) is 18.1. The van der Waals surface area contributed by atoms with E-state index >= 15 is 0 Å². The van der Waals surface area contributed by atoms with E-state index in [1.165, 1.54) is 11.3 Å². The summed E-state index contributed by atoms with van der Waals surface area (Å²) in [5.41, 5.74) is 8.92. The molecule has 3 N–H and O–H groups in total. The normalized spacial score (nSPS) is 16.7. The van der Waals surface area contributed by atoms with Crippen LogP contribution in [0.15, 0.2) is 17.0 Å². The number of likely N-dealkylation sites (tertiary alicyclic amines) is 1. The van der Waals surface area contributed by atoms with Crippen molar-refractivity contribution in [3.8, 4) is 0 Å². The molecule has 2 aromatic heterocycles. The van der Waals surface area contributed by atoms with E-state index in [0.29, 0.717) is 17.4 Å². The van der Waals surface area contributed by atoms with Crippen LogP contribution in [0.3, 0.4) is 0 Å². The smallest absolute Gasteiger partial charge is 0.273 e. The van der Waals surface area contributed by atoms with Gasteiger partial charge in [-0.3, -0.25) is 9.89 Å². The van der Waals surface area contributed by atoms with Crippen molar-refractivity contribution in [3.63, 3.8) is 0 Å². The predicted octanol–water partition coefficient (Wildman–Crippen LogP) is 1.47. The topological polar surface area (TPSA) is 87.9 Å². The Bertz CT molecular complexity index is 556. The van der Waals surface area contributed by atoms with Gasteiger partial charge in [-0.2, -0.15) is 5.10 Å². The first-order chi connectivity index (χ1) is 9.24. The zero-order chi connectivity index (χ0) is 13.2. The monoisotopic (exact) mass is 277 g/mol. The Morgan fingerprint density at radius 2 is 2.26 bits per heavy atom. The number of nitrogen functional groups attached to an aromatic ring is 1. The lowest BCUT2D eigenvalue weighted by molar-refractivity contribution is 0.0707. The molecule has 0 aliphatic carbocycles. The van der Waals surface area contributed by atoms with Crippen LogP contribution in [0.2, 0.25) is 0 Å². The largest absolute Gasteiger partial charge is 0.382 e. The SMILES string of the molecule is Nc1cc(C2CCN(C(=O)c3cscn3)CC2)[nH]n1. The van der Waals surface area contributed by atoms with Gasteiger partial charge in [0.15, 0.2) is 0 Å². The fourth-order valence-corrected chi connectivity index (χ4v) is 2.96. The molecular weight excluding hydrogens is 262 g/mol. The summed E-state index contributed by atoms with van der Waals surface area (Å²) in [7, 11) is 0. The first kappa shape index (κ1) is 12.2. The van der Waals surface area contributed by atoms with Crippen LogP contribution >= 0.6 is 11.3 Å². The van der Waals surface area contributed by atoms with Gasteiger partial charge in [0, 0.05) is 36.1 Å². The van der Waals surface area contributed by atoms with Gasteiger partial charge in [0.25, 0.3) is 5.91 Å². The summed E-state index contributed by atoms with van der Waals surface area (Å²) in [5, 5.41) is 8.70. The highest BCUT2D eigenvalue weighted by atomic mass is 32.1. The minimum absolute atomic E-state index is 0.0313. The molecule has 0 unspecified atom stereocenters. The van der Waals surface area contributed by atoms with Crippen LogP contribution < -0.4 is 5.73 Å². The number of thiazole rings is 1. The van der Waals surface area contributed by atoms with Crippen molar-refractivity contribution >= 4 is 23.1 Å². The maximum atomic E-state index is 12.1. The Morgan fingerprint density at radius 3 is 2.84 bits per heavy atom. The number of anilines is 1. The molecule has 0 radical (unpaired) electrons. The number of piperidine rings is 1. The van der Waals surface area contributed by atoms with Crippen molar-refractivity contribution in [1.82, 2.24) is 20.1 Å². The van der Waals surface area contributed by atoms with E-state index in [0.717, 1.165) is 31.6 Å². The van der Waals surface area contributed by atoms with Gasteiger partial charge in [-0.1, -0.05) is 0 Å². The average Bonchev–Trinajstić information content (AvgIpc) is 3.09. The molecule has 1 amide bonds. The Labute approximate surface area is 114 Å². The van der Waals surface area contributed by atoms with Crippen LogP contribution in [-0.2, 0) is 0 Å². The van der Waals surface area contributed by atoms with Gasteiger partial charge in [0.1, 0.15) is 11.5 Å². The molecule has 100 valence electrons. The van der Waals surface area contributed by atoms with Crippen molar-refractivity contribution in [2.75, 3.05) is 18.8 Å². The summed E-state index contributed by atoms with van der Waals surface area (Å²) in [6, 6.07) is 1.88. The van der Waals surface area contributed by atoms with Gasteiger partial charge in [0.2, 0.25) is 0 Å². The lowest BCUT2D eigenvalue weighted by atomic mass is 9.93. The lowest BCUT2D eigenvalue weighted by Crippen LogP contribution is -2.38. The van der Waals surface area contributed by atoms with Crippen LogP contribution in [0.5, 0.6) is 0 Å². The summed E-state index contributed by atoms with van der Waals surface area (Å²) >= 11 is 1.45. The van der Waals surface area contributed by atoms with Crippen LogP contribution in [0.4, 0.5) is 5.82 Å². The fraction of sp³-hybridized carbons (Fsp3) is 0.417. The molecule has 0 saturated carbocycles. The molecule has 6 nitrogen and oxygen atoms in total. The number of H-pyrrole nitrogens is 1. The highest BCUT2D eigenvalue weighted by molar-refractivity contribution is 7.07. The number of nitrogens with one attached hydrogen (secondary N) is 1. The molecule has 2 aromatic rings. The third kappa shape index (κ3) is 2.46. The van der Waals surface area contributed by atoms with Crippen LogP contribution in [0.25, 0.3) is 0 Å². The second-order valence-corrected chi connectivity index (χ2v) is 5.41. The number of amides is 1. The number of carbonyl (C=O) groups excluding carboxylic acids is 1. The highest BCUT2D eigenvalue weighted by Crippen LogP contribution is 2.28. The van der Waals surface area contributed by atoms with Gasteiger partial charge in [-0.05, 0) is 12.8 Å². The van der Waals surface area contributed by atoms with Crippen molar-refractivity contribution in [3.05, 3.63) is 28.3 Å². The number of aromatic amines is 1. The molecule has 1 aliphatic rings. The third-order valence-corrected chi connectivity index (χ3v) is 4.08. The van der Waals surface area contributed by atoms with E-state index in [9.17, 15) is 4.79 Å². The molecule has 3 heterocycles. The van der Waals surface area contributed by atoms with Crippen LogP contribution in [-0.4, -0.2) is 39.1 Å². The lowest BCUT2D eigenvalue weighted by Gasteiger charge is -2.31. The van der Waals surface area contributed by atoms with Crippen LogP contribution in [0.1, 0.15) is 34.9 Å². The Kier molecular flexibility index (Phi) is 3.20. The number of rotatable bonds is 2. The molecule has 7 heteroatoms. The molecule has 1 aliphatic heterocycles. The molecule has 1 saturated heterocycles. The average molecular weight is 277 g/mol. The van der Waals surface area contributed by atoms with E-state index in [-0.39, 0.29) is 5.91 Å². The summed E-state index contributed by atoms with van der Waals surface area (Å²) in [6.07, 6.45) is 1.86.